The standard InChI is InChI=1S/C21H22FNO2/c1-14-4-10-19-17(12-14)18(13-21(2,3)25-19)23-20(24)11-7-15-5-8-16(22)9-6-15/h4-12,18H,13H2,1-3H3,(H,23,24)/b11-7+/t18-/m0/s1. The van der Waals surface area contributed by atoms with E-state index in [4.69, 9.17) is 4.74 Å². The van der Waals surface area contributed by atoms with Gasteiger partial charge in [-0.2, -0.15) is 0 Å². The maximum absolute atomic E-state index is 12.9. The molecular weight excluding hydrogens is 317 g/mol. The number of benzene rings is 2. The minimum absolute atomic E-state index is 0.107. The highest BCUT2D eigenvalue weighted by molar-refractivity contribution is 5.92. The number of fused-ring (bicyclic) bond motifs is 1. The summed E-state index contributed by atoms with van der Waals surface area (Å²) in [6, 6.07) is 11.9. The van der Waals surface area contributed by atoms with Crippen LogP contribution in [0.15, 0.2) is 48.5 Å². The van der Waals surface area contributed by atoms with Crippen LogP contribution in [0.3, 0.4) is 0 Å². The van der Waals surface area contributed by atoms with E-state index in [1.807, 2.05) is 32.9 Å². The molecule has 3 nitrogen and oxygen atoms in total. The lowest BCUT2D eigenvalue weighted by molar-refractivity contribution is -0.117. The Morgan fingerprint density at radius 3 is 2.68 bits per heavy atom. The van der Waals surface area contributed by atoms with Crippen LogP contribution in [0.2, 0.25) is 0 Å². The van der Waals surface area contributed by atoms with Crippen LogP contribution in [0, 0.1) is 12.7 Å². The summed E-state index contributed by atoms with van der Waals surface area (Å²) in [6.07, 6.45) is 3.85. The van der Waals surface area contributed by atoms with Crippen molar-refractivity contribution in [1.29, 1.82) is 0 Å². The van der Waals surface area contributed by atoms with E-state index in [2.05, 4.69) is 11.4 Å². The number of hydrogen-bond donors (Lipinski definition) is 1. The number of amides is 1. The minimum atomic E-state index is -0.346. The van der Waals surface area contributed by atoms with Gasteiger partial charge in [-0.25, -0.2) is 4.39 Å². The van der Waals surface area contributed by atoms with Gasteiger partial charge in [0.05, 0.1) is 6.04 Å². The van der Waals surface area contributed by atoms with Crippen molar-refractivity contribution in [2.75, 3.05) is 0 Å². The lowest BCUT2D eigenvalue weighted by atomic mass is 9.89. The fourth-order valence-electron chi connectivity index (χ4n) is 3.07. The van der Waals surface area contributed by atoms with Crippen LogP contribution >= 0.6 is 0 Å². The molecule has 4 heteroatoms. The van der Waals surface area contributed by atoms with Crippen LogP contribution in [0.4, 0.5) is 4.39 Å². The van der Waals surface area contributed by atoms with Crippen molar-refractivity contribution in [3.63, 3.8) is 0 Å². The highest BCUT2D eigenvalue weighted by atomic mass is 19.1. The largest absolute Gasteiger partial charge is 0.487 e. The Bertz CT molecular complexity index is 809. The van der Waals surface area contributed by atoms with Gasteiger partial charge in [0.2, 0.25) is 5.91 Å². The van der Waals surface area contributed by atoms with Crippen molar-refractivity contribution >= 4 is 12.0 Å². The van der Waals surface area contributed by atoms with Gasteiger partial charge >= 0.3 is 0 Å². The molecule has 2 aromatic carbocycles. The summed E-state index contributed by atoms with van der Waals surface area (Å²) in [5.74, 6) is 0.340. The topological polar surface area (TPSA) is 38.3 Å². The smallest absolute Gasteiger partial charge is 0.244 e. The van der Waals surface area contributed by atoms with Gasteiger partial charge in [0.15, 0.2) is 0 Å². The van der Waals surface area contributed by atoms with Crippen molar-refractivity contribution in [1.82, 2.24) is 5.32 Å². The zero-order valence-electron chi connectivity index (χ0n) is 14.7. The van der Waals surface area contributed by atoms with Crippen LogP contribution in [0.25, 0.3) is 6.08 Å². The molecule has 0 bridgehead atoms. The van der Waals surface area contributed by atoms with Crippen LogP contribution in [-0.2, 0) is 4.79 Å². The molecule has 1 N–H and O–H groups in total. The Hall–Kier alpha value is -2.62. The summed E-state index contributed by atoms with van der Waals surface area (Å²) in [7, 11) is 0. The average Bonchev–Trinajstić information content (AvgIpc) is 2.54. The lowest BCUT2D eigenvalue weighted by Crippen LogP contribution is -2.41. The predicted molar refractivity (Wildman–Crippen MR) is 96.8 cm³/mol. The maximum Gasteiger partial charge on any atom is 0.244 e. The molecule has 1 amide bonds. The molecule has 0 fully saturated rings. The second kappa shape index (κ2) is 6.71. The van der Waals surface area contributed by atoms with Crippen LogP contribution in [0.5, 0.6) is 5.75 Å². The van der Waals surface area contributed by atoms with E-state index in [9.17, 15) is 9.18 Å². The first kappa shape index (κ1) is 17.2. The summed E-state index contributed by atoms with van der Waals surface area (Å²) in [6.45, 7) is 6.06. The molecule has 25 heavy (non-hydrogen) atoms. The average molecular weight is 339 g/mol. The summed E-state index contributed by atoms with van der Waals surface area (Å²) < 4.78 is 18.9. The van der Waals surface area contributed by atoms with Gasteiger partial charge in [-0.3, -0.25) is 4.79 Å². The van der Waals surface area contributed by atoms with Crippen LogP contribution in [0.1, 0.15) is 43.0 Å². The first-order valence-electron chi connectivity index (χ1n) is 8.36. The molecule has 0 unspecified atom stereocenters. The molecule has 0 spiro atoms. The molecule has 1 heterocycles. The zero-order chi connectivity index (χ0) is 18.0. The van der Waals surface area contributed by atoms with Gasteiger partial charge in [0.1, 0.15) is 17.2 Å². The number of carbonyl (C=O) groups is 1. The molecule has 0 saturated heterocycles. The molecule has 1 aliphatic heterocycles. The second-order valence-corrected chi connectivity index (χ2v) is 7.05. The van der Waals surface area contributed by atoms with Crippen molar-refractivity contribution in [3.8, 4) is 5.75 Å². The van der Waals surface area contributed by atoms with Gasteiger partial charge < -0.3 is 10.1 Å². The maximum atomic E-state index is 12.9. The minimum Gasteiger partial charge on any atom is -0.487 e. The first-order valence-corrected chi connectivity index (χ1v) is 8.36. The van der Waals surface area contributed by atoms with Gasteiger partial charge in [-0.15, -0.1) is 0 Å². The Labute approximate surface area is 147 Å². The monoisotopic (exact) mass is 339 g/mol. The Balaban J connectivity index is 1.76. The van der Waals surface area contributed by atoms with Gasteiger partial charge in [0.25, 0.3) is 0 Å². The summed E-state index contributed by atoms with van der Waals surface area (Å²) in [4.78, 5) is 12.3. The third-order valence-corrected chi connectivity index (χ3v) is 4.24. The van der Waals surface area contributed by atoms with Crippen molar-refractivity contribution < 1.29 is 13.9 Å². The Kier molecular flexibility index (Phi) is 4.62. The van der Waals surface area contributed by atoms with E-state index in [1.54, 1.807) is 18.2 Å². The number of ether oxygens (including phenoxy) is 1. The fourth-order valence-corrected chi connectivity index (χ4v) is 3.07. The van der Waals surface area contributed by atoms with Crippen molar-refractivity contribution in [2.24, 2.45) is 0 Å². The molecule has 0 radical (unpaired) electrons. The second-order valence-electron chi connectivity index (χ2n) is 7.05. The zero-order valence-corrected chi connectivity index (χ0v) is 14.7. The van der Waals surface area contributed by atoms with Crippen molar-refractivity contribution in [2.45, 2.75) is 38.8 Å². The number of aryl methyl sites for hydroxylation is 1. The van der Waals surface area contributed by atoms with E-state index in [1.165, 1.54) is 18.2 Å². The molecule has 0 aromatic heterocycles. The molecule has 1 aliphatic rings. The molecule has 3 rings (SSSR count). The third-order valence-electron chi connectivity index (χ3n) is 4.24. The van der Waals surface area contributed by atoms with E-state index in [-0.39, 0.29) is 23.4 Å². The molecule has 130 valence electrons. The summed E-state index contributed by atoms with van der Waals surface area (Å²) in [5, 5.41) is 3.06. The predicted octanol–water partition coefficient (Wildman–Crippen LogP) is 4.57. The normalized spacial score (nSPS) is 18.5. The van der Waals surface area contributed by atoms with E-state index >= 15 is 0 Å². The number of hydrogen-bond acceptors (Lipinski definition) is 2. The lowest BCUT2D eigenvalue weighted by Gasteiger charge is -2.38. The number of halogens is 1. The quantitative estimate of drug-likeness (QED) is 0.832. The van der Waals surface area contributed by atoms with E-state index in [0.717, 1.165) is 22.4 Å². The highest BCUT2D eigenvalue weighted by Crippen LogP contribution is 2.39. The molecular formula is C21H22FNO2. The number of carbonyl (C=O) groups excluding carboxylic acids is 1. The molecule has 2 aromatic rings. The van der Waals surface area contributed by atoms with Crippen LogP contribution in [-0.4, -0.2) is 11.5 Å². The first-order chi connectivity index (χ1) is 11.8. The number of nitrogens with one attached hydrogen (secondary N) is 1. The van der Waals surface area contributed by atoms with E-state index < -0.39 is 0 Å². The van der Waals surface area contributed by atoms with Crippen LogP contribution < -0.4 is 10.1 Å². The molecule has 0 aliphatic carbocycles. The SMILES string of the molecule is Cc1ccc2c(c1)[C@@H](NC(=O)/C=C/c1ccc(F)cc1)CC(C)(C)O2. The fraction of sp³-hybridized carbons (Fsp3) is 0.286. The molecule has 0 saturated carbocycles. The summed E-state index contributed by atoms with van der Waals surface area (Å²) >= 11 is 0. The summed E-state index contributed by atoms with van der Waals surface area (Å²) in [5.41, 5.74) is 2.56. The third kappa shape index (κ3) is 4.27. The van der Waals surface area contributed by atoms with E-state index in [0.29, 0.717) is 6.42 Å². The van der Waals surface area contributed by atoms with Gasteiger partial charge in [-0.1, -0.05) is 29.8 Å². The number of rotatable bonds is 3. The Morgan fingerprint density at radius 1 is 1.24 bits per heavy atom. The Morgan fingerprint density at radius 2 is 1.96 bits per heavy atom. The van der Waals surface area contributed by atoms with Gasteiger partial charge in [-0.05, 0) is 50.6 Å². The van der Waals surface area contributed by atoms with Crippen molar-refractivity contribution in [3.05, 3.63) is 71.0 Å². The highest BCUT2D eigenvalue weighted by Gasteiger charge is 2.34. The van der Waals surface area contributed by atoms with Gasteiger partial charge in [0, 0.05) is 18.1 Å². The molecule has 1 atom stereocenters.